The molecule has 0 bridgehead atoms. The van der Waals surface area contributed by atoms with Crippen molar-refractivity contribution < 1.29 is 31.1 Å². The monoisotopic (exact) mass is 424 g/mol. The van der Waals surface area contributed by atoms with Gasteiger partial charge >= 0.3 is 12.4 Å². The van der Waals surface area contributed by atoms with Crippen LogP contribution in [0.1, 0.15) is 24.0 Å². The van der Waals surface area contributed by atoms with Crippen LogP contribution in [0.3, 0.4) is 0 Å². The predicted octanol–water partition coefficient (Wildman–Crippen LogP) is 5.56. The molecule has 1 saturated carbocycles. The molecule has 0 aliphatic heterocycles. The number of pyridine rings is 1. The van der Waals surface area contributed by atoms with Crippen LogP contribution in [0.25, 0.3) is 11.1 Å². The minimum Gasteiger partial charge on any atom is -0.491 e. The van der Waals surface area contributed by atoms with Crippen LogP contribution in [0.2, 0.25) is 5.15 Å². The number of hydrogen-bond donors (Lipinski definition) is 1. The van der Waals surface area contributed by atoms with Gasteiger partial charge in [-0.1, -0.05) is 11.6 Å². The van der Waals surface area contributed by atoms with Gasteiger partial charge in [0.2, 0.25) is 0 Å². The standard InChI is InChI=1S/C18H15ClF6N2O/c19-15-14(6-13(7-27-15)28-9-16(8-26)1-2-16)10-3-11(17(20,21)22)5-12(4-10)18(23,24)25/h3-7H,1-2,8-9,26H2. The molecule has 1 aliphatic carbocycles. The van der Waals surface area contributed by atoms with Crippen molar-refractivity contribution in [1.29, 1.82) is 0 Å². The highest BCUT2D eigenvalue weighted by Crippen LogP contribution is 2.45. The number of nitrogens with two attached hydrogens (primary N) is 1. The van der Waals surface area contributed by atoms with Crippen LogP contribution in [0, 0.1) is 5.41 Å². The molecule has 3 rings (SSSR count). The smallest absolute Gasteiger partial charge is 0.416 e. The molecule has 1 aliphatic rings. The number of benzene rings is 1. The molecule has 10 heteroatoms. The largest absolute Gasteiger partial charge is 0.491 e. The fraction of sp³-hybridized carbons (Fsp3) is 0.389. The molecule has 152 valence electrons. The van der Waals surface area contributed by atoms with Crippen molar-refractivity contribution in [3.05, 3.63) is 46.7 Å². The molecule has 0 amide bonds. The van der Waals surface area contributed by atoms with Crippen molar-refractivity contribution >= 4 is 11.6 Å². The lowest BCUT2D eigenvalue weighted by Gasteiger charge is -2.16. The molecule has 1 aromatic carbocycles. The zero-order chi connectivity index (χ0) is 20.7. The van der Waals surface area contributed by atoms with Crippen LogP contribution in [-0.2, 0) is 12.4 Å². The van der Waals surface area contributed by atoms with Crippen molar-refractivity contribution in [3.8, 4) is 16.9 Å². The van der Waals surface area contributed by atoms with Gasteiger partial charge in [0.1, 0.15) is 10.9 Å². The topological polar surface area (TPSA) is 48.1 Å². The van der Waals surface area contributed by atoms with E-state index in [1.807, 2.05) is 0 Å². The highest BCUT2D eigenvalue weighted by Gasteiger charge is 2.42. The second kappa shape index (κ2) is 7.11. The Balaban J connectivity index is 2.00. The molecule has 0 atom stereocenters. The molecule has 0 spiro atoms. The quantitative estimate of drug-likeness (QED) is 0.505. The van der Waals surface area contributed by atoms with E-state index in [4.69, 9.17) is 22.1 Å². The van der Waals surface area contributed by atoms with Crippen molar-refractivity contribution in [2.45, 2.75) is 25.2 Å². The van der Waals surface area contributed by atoms with E-state index < -0.39 is 23.5 Å². The third-order valence-electron chi connectivity index (χ3n) is 4.65. The number of nitrogens with zero attached hydrogens (tertiary/aromatic N) is 1. The summed E-state index contributed by atoms with van der Waals surface area (Å²) in [5.74, 6) is 0.185. The minimum atomic E-state index is -4.95. The number of aromatic nitrogens is 1. The van der Waals surface area contributed by atoms with Gasteiger partial charge in [0.05, 0.1) is 23.9 Å². The molecule has 2 aromatic rings. The van der Waals surface area contributed by atoms with Gasteiger partial charge < -0.3 is 10.5 Å². The van der Waals surface area contributed by atoms with E-state index in [0.29, 0.717) is 18.7 Å². The Kier molecular flexibility index (Phi) is 5.26. The molecule has 0 radical (unpaired) electrons. The van der Waals surface area contributed by atoms with Crippen molar-refractivity contribution in [2.75, 3.05) is 13.2 Å². The Bertz CT molecular complexity index is 845. The van der Waals surface area contributed by atoms with Crippen LogP contribution in [0.15, 0.2) is 30.5 Å². The van der Waals surface area contributed by atoms with Gasteiger partial charge in [0.25, 0.3) is 0 Å². The first kappa shape index (κ1) is 20.7. The molecule has 1 aromatic heterocycles. The number of halogens is 7. The third-order valence-corrected chi connectivity index (χ3v) is 4.95. The third kappa shape index (κ3) is 4.52. The first-order valence-corrected chi connectivity index (χ1v) is 8.60. The van der Waals surface area contributed by atoms with E-state index in [2.05, 4.69) is 4.98 Å². The van der Waals surface area contributed by atoms with E-state index >= 15 is 0 Å². The number of rotatable bonds is 5. The first-order valence-electron chi connectivity index (χ1n) is 8.22. The maximum Gasteiger partial charge on any atom is 0.416 e. The Morgan fingerprint density at radius 1 is 1.00 bits per heavy atom. The fourth-order valence-corrected chi connectivity index (χ4v) is 2.85. The van der Waals surface area contributed by atoms with E-state index in [-0.39, 0.29) is 40.1 Å². The van der Waals surface area contributed by atoms with Crippen LogP contribution >= 0.6 is 11.6 Å². The van der Waals surface area contributed by atoms with Gasteiger partial charge in [-0.3, -0.25) is 0 Å². The fourth-order valence-electron chi connectivity index (χ4n) is 2.64. The Hall–Kier alpha value is -2.00. The van der Waals surface area contributed by atoms with Crippen LogP contribution < -0.4 is 10.5 Å². The molecule has 3 nitrogen and oxygen atoms in total. The average molecular weight is 425 g/mol. The first-order chi connectivity index (χ1) is 12.9. The Labute approximate surface area is 161 Å². The highest BCUT2D eigenvalue weighted by atomic mass is 35.5. The molecular formula is C18H15ClF6N2O. The number of ether oxygens (including phenoxy) is 1. The average Bonchev–Trinajstić information content (AvgIpc) is 3.40. The summed E-state index contributed by atoms with van der Waals surface area (Å²) in [5, 5.41) is -0.236. The summed E-state index contributed by atoms with van der Waals surface area (Å²) in [6.07, 6.45) is -6.87. The summed E-state index contributed by atoms with van der Waals surface area (Å²) in [6.45, 7) is 0.700. The summed E-state index contributed by atoms with van der Waals surface area (Å²) in [4.78, 5) is 3.83. The summed E-state index contributed by atoms with van der Waals surface area (Å²) < 4.78 is 84.1. The summed E-state index contributed by atoms with van der Waals surface area (Å²) >= 11 is 5.94. The van der Waals surface area contributed by atoms with E-state index in [1.165, 1.54) is 12.3 Å². The van der Waals surface area contributed by atoms with E-state index in [1.54, 1.807) is 0 Å². The van der Waals surface area contributed by atoms with Gasteiger partial charge in [-0.2, -0.15) is 26.3 Å². The zero-order valence-corrected chi connectivity index (χ0v) is 15.0. The maximum absolute atomic E-state index is 13.1. The maximum atomic E-state index is 13.1. The highest BCUT2D eigenvalue weighted by molar-refractivity contribution is 6.32. The molecule has 1 heterocycles. The second-order valence-corrected chi connectivity index (χ2v) is 7.15. The van der Waals surface area contributed by atoms with Crippen molar-refractivity contribution in [3.63, 3.8) is 0 Å². The van der Waals surface area contributed by atoms with Crippen LogP contribution in [0.5, 0.6) is 5.75 Å². The van der Waals surface area contributed by atoms with Gasteiger partial charge in [0, 0.05) is 17.5 Å². The van der Waals surface area contributed by atoms with Gasteiger partial charge in [-0.15, -0.1) is 0 Å². The zero-order valence-electron chi connectivity index (χ0n) is 14.3. The second-order valence-electron chi connectivity index (χ2n) is 6.80. The number of hydrogen-bond acceptors (Lipinski definition) is 3. The molecule has 2 N–H and O–H groups in total. The molecule has 1 fully saturated rings. The SMILES string of the molecule is NCC1(COc2cnc(Cl)c(-c3cc(C(F)(F)F)cc(C(F)(F)F)c3)c2)CC1. The van der Waals surface area contributed by atoms with Crippen LogP contribution in [0.4, 0.5) is 26.3 Å². The van der Waals surface area contributed by atoms with Gasteiger partial charge in [0.15, 0.2) is 0 Å². The van der Waals surface area contributed by atoms with Gasteiger partial charge in [-0.05, 0) is 42.7 Å². The Morgan fingerprint density at radius 2 is 1.57 bits per heavy atom. The molecule has 0 unspecified atom stereocenters. The predicted molar refractivity (Wildman–Crippen MR) is 90.9 cm³/mol. The minimum absolute atomic E-state index is 0.0588. The summed E-state index contributed by atoms with van der Waals surface area (Å²) in [5.41, 5.74) is 2.22. The van der Waals surface area contributed by atoms with Gasteiger partial charge in [-0.25, -0.2) is 4.98 Å². The van der Waals surface area contributed by atoms with E-state index in [9.17, 15) is 26.3 Å². The molecule has 0 saturated heterocycles. The lowest BCUT2D eigenvalue weighted by molar-refractivity contribution is -0.143. The number of alkyl halides is 6. The summed E-state index contributed by atoms with van der Waals surface area (Å²) in [7, 11) is 0. The summed E-state index contributed by atoms with van der Waals surface area (Å²) in [6, 6.07) is 2.54. The molecule has 28 heavy (non-hydrogen) atoms. The van der Waals surface area contributed by atoms with E-state index in [0.717, 1.165) is 12.8 Å². The Morgan fingerprint density at radius 3 is 2.04 bits per heavy atom. The van der Waals surface area contributed by atoms with Crippen molar-refractivity contribution in [2.24, 2.45) is 11.1 Å². The molecular weight excluding hydrogens is 410 g/mol. The normalized spacial score (nSPS) is 16.1. The van der Waals surface area contributed by atoms with Crippen molar-refractivity contribution in [1.82, 2.24) is 4.98 Å². The van der Waals surface area contributed by atoms with Crippen LogP contribution in [-0.4, -0.2) is 18.1 Å². The lowest BCUT2D eigenvalue weighted by atomic mass is 10.00. The lowest BCUT2D eigenvalue weighted by Crippen LogP contribution is -2.22.